The van der Waals surface area contributed by atoms with Crippen LogP contribution in [0.2, 0.25) is 0 Å². The summed E-state index contributed by atoms with van der Waals surface area (Å²) in [6.45, 7) is 0. The number of hydrogen-bond acceptors (Lipinski definition) is 2. The number of aromatic nitrogens is 1. The lowest BCUT2D eigenvalue weighted by Gasteiger charge is -2.00. The lowest BCUT2D eigenvalue weighted by Crippen LogP contribution is -2.01. The van der Waals surface area contributed by atoms with Crippen molar-refractivity contribution in [2.45, 2.75) is 12.8 Å². The number of benzene rings is 1. The molecule has 2 aromatic rings. The first-order chi connectivity index (χ1) is 8.69. The van der Waals surface area contributed by atoms with Crippen molar-refractivity contribution in [2.24, 2.45) is 11.8 Å². The monoisotopic (exact) mass is 240 g/mol. The second-order valence-electron chi connectivity index (χ2n) is 4.84. The van der Waals surface area contributed by atoms with Gasteiger partial charge in [-0.1, -0.05) is 6.07 Å². The molecule has 4 nitrogen and oxygen atoms in total. The summed E-state index contributed by atoms with van der Waals surface area (Å²) in [4.78, 5) is 13.8. The van der Waals surface area contributed by atoms with Crippen LogP contribution in [0.15, 0.2) is 24.4 Å². The zero-order valence-electron chi connectivity index (χ0n) is 9.68. The van der Waals surface area contributed by atoms with Crippen LogP contribution in [-0.2, 0) is 11.2 Å². The van der Waals surface area contributed by atoms with Crippen molar-refractivity contribution in [1.29, 1.82) is 5.26 Å². The number of nitrogens with zero attached hydrogens (tertiary/aromatic N) is 1. The summed E-state index contributed by atoms with van der Waals surface area (Å²) in [5, 5.41) is 18.8. The summed E-state index contributed by atoms with van der Waals surface area (Å²) in [6, 6.07) is 8.08. The first-order valence-electron chi connectivity index (χ1n) is 5.92. The quantitative estimate of drug-likeness (QED) is 0.864. The van der Waals surface area contributed by atoms with Crippen LogP contribution in [0.5, 0.6) is 0 Å². The minimum Gasteiger partial charge on any atom is -0.481 e. The third-order valence-electron chi connectivity index (χ3n) is 3.60. The summed E-state index contributed by atoms with van der Waals surface area (Å²) < 4.78 is 0. The van der Waals surface area contributed by atoms with Crippen molar-refractivity contribution in [3.63, 3.8) is 0 Å². The van der Waals surface area contributed by atoms with E-state index in [2.05, 4.69) is 11.1 Å². The fraction of sp³-hybridized carbons (Fsp3) is 0.286. The van der Waals surface area contributed by atoms with Crippen LogP contribution in [0.25, 0.3) is 10.9 Å². The van der Waals surface area contributed by atoms with Gasteiger partial charge in [0.05, 0.1) is 11.5 Å². The van der Waals surface area contributed by atoms with Gasteiger partial charge in [0.25, 0.3) is 0 Å². The number of carboxylic acid groups (broad SMARTS) is 1. The molecule has 2 unspecified atom stereocenters. The van der Waals surface area contributed by atoms with Crippen LogP contribution in [0.1, 0.15) is 17.5 Å². The Morgan fingerprint density at radius 1 is 1.56 bits per heavy atom. The zero-order chi connectivity index (χ0) is 12.7. The van der Waals surface area contributed by atoms with Crippen molar-refractivity contribution >= 4 is 16.9 Å². The number of carboxylic acids is 1. The van der Waals surface area contributed by atoms with E-state index in [1.807, 2.05) is 18.2 Å². The predicted molar refractivity (Wildman–Crippen MR) is 66.0 cm³/mol. The number of nitrogens with one attached hydrogen (secondary N) is 1. The van der Waals surface area contributed by atoms with Gasteiger partial charge in [0, 0.05) is 17.1 Å². The molecule has 1 heterocycles. The maximum atomic E-state index is 10.8. The van der Waals surface area contributed by atoms with Gasteiger partial charge >= 0.3 is 5.97 Å². The van der Waals surface area contributed by atoms with Gasteiger partial charge in [-0.2, -0.15) is 5.26 Å². The summed E-state index contributed by atoms with van der Waals surface area (Å²) in [7, 11) is 0. The van der Waals surface area contributed by atoms with E-state index in [4.69, 9.17) is 10.4 Å². The van der Waals surface area contributed by atoms with Gasteiger partial charge in [-0.25, -0.2) is 0 Å². The average molecular weight is 240 g/mol. The molecule has 2 N–H and O–H groups in total. The number of hydrogen-bond donors (Lipinski definition) is 2. The highest BCUT2D eigenvalue weighted by Gasteiger charge is 2.42. The third kappa shape index (κ3) is 1.74. The highest BCUT2D eigenvalue weighted by molar-refractivity contribution is 5.86. The molecule has 18 heavy (non-hydrogen) atoms. The Bertz CT molecular complexity index is 666. The molecule has 90 valence electrons. The number of fused-ring (bicyclic) bond motifs is 1. The molecule has 0 radical (unpaired) electrons. The summed E-state index contributed by atoms with van der Waals surface area (Å²) in [6.07, 6.45) is 3.25. The molecule has 0 spiro atoms. The molecule has 0 bridgehead atoms. The fourth-order valence-corrected chi connectivity index (χ4v) is 2.47. The van der Waals surface area contributed by atoms with Crippen LogP contribution in [0.4, 0.5) is 0 Å². The van der Waals surface area contributed by atoms with E-state index in [0.29, 0.717) is 5.56 Å². The Kier molecular flexibility index (Phi) is 2.34. The molecule has 0 aliphatic heterocycles. The van der Waals surface area contributed by atoms with Gasteiger partial charge in [-0.3, -0.25) is 4.79 Å². The van der Waals surface area contributed by atoms with Gasteiger partial charge in [-0.05, 0) is 36.5 Å². The maximum Gasteiger partial charge on any atom is 0.306 e. The minimum atomic E-state index is -0.694. The Balaban J connectivity index is 1.86. The maximum absolute atomic E-state index is 10.8. The molecule has 1 aliphatic carbocycles. The number of H-pyrrole nitrogens is 1. The van der Waals surface area contributed by atoms with E-state index in [1.54, 1.807) is 6.20 Å². The molecule has 1 aromatic heterocycles. The lowest BCUT2D eigenvalue weighted by molar-refractivity contribution is -0.138. The van der Waals surface area contributed by atoms with Crippen LogP contribution >= 0.6 is 0 Å². The molecule has 0 amide bonds. The van der Waals surface area contributed by atoms with E-state index in [1.165, 1.54) is 0 Å². The minimum absolute atomic E-state index is 0.178. The molecule has 2 atom stereocenters. The molecule has 0 saturated heterocycles. The number of aromatic amines is 1. The van der Waals surface area contributed by atoms with Gasteiger partial charge in [-0.15, -0.1) is 0 Å². The average Bonchev–Trinajstić information content (AvgIpc) is 3.01. The Labute approximate surface area is 104 Å². The zero-order valence-corrected chi connectivity index (χ0v) is 9.68. The van der Waals surface area contributed by atoms with Crippen LogP contribution in [0, 0.1) is 23.2 Å². The molecule has 4 heteroatoms. The van der Waals surface area contributed by atoms with Crippen molar-refractivity contribution in [3.8, 4) is 6.07 Å². The van der Waals surface area contributed by atoms with Crippen LogP contribution in [-0.4, -0.2) is 16.1 Å². The lowest BCUT2D eigenvalue weighted by atomic mass is 10.0. The van der Waals surface area contributed by atoms with E-state index < -0.39 is 5.97 Å². The largest absolute Gasteiger partial charge is 0.481 e. The second-order valence-corrected chi connectivity index (χ2v) is 4.84. The molecule has 1 saturated carbocycles. The van der Waals surface area contributed by atoms with Crippen LogP contribution < -0.4 is 0 Å². The van der Waals surface area contributed by atoms with Crippen molar-refractivity contribution in [1.82, 2.24) is 4.98 Å². The number of carbonyl (C=O) groups is 1. The molecule has 1 fully saturated rings. The Hall–Kier alpha value is -2.28. The summed E-state index contributed by atoms with van der Waals surface area (Å²) >= 11 is 0. The molecular weight excluding hydrogens is 228 g/mol. The highest BCUT2D eigenvalue weighted by Crippen LogP contribution is 2.41. The molecule has 1 aromatic carbocycles. The van der Waals surface area contributed by atoms with Crippen molar-refractivity contribution < 1.29 is 9.90 Å². The normalized spacial score (nSPS) is 21.7. The van der Waals surface area contributed by atoms with E-state index in [9.17, 15) is 4.79 Å². The summed E-state index contributed by atoms with van der Waals surface area (Å²) in [5.41, 5.74) is 2.69. The van der Waals surface area contributed by atoms with Crippen molar-refractivity contribution in [2.75, 3.05) is 0 Å². The van der Waals surface area contributed by atoms with Gasteiger partial charge in [0.15, 0.2) is 0 Å². The smallest absolute Gasteiger partial charge is 0.306 e. The molecule has 3 rings (SSSR count). The van der Waals surface area contributed by atoms with E-state index >= 15 is 0 Å². The molecular formula is C14H12N2O2. The number of nitriles is 1. The SMILES string of the molecule is N#Cc1c[nH]c2ccc(CC3CC3C(=O)O)cc12. The van der Waals surface area contributed by atoms with Gasteiger partial charge < -0.3 is 10.1 Å². The Morgan fingerprint density at radius 3 is 3.06 bits per heavy atom. The number of rotatable bonds is 3. The molecule has 1 aliphatic rings. The van der Waals surface area contributed by atoms with Crippen molar-refractivity contribution in [3.05, 3.63) is 35.5 Å². The third-order valence-corrected chi connectivity index (χ3v) is 3.60. The first kappa shape index (κ1) is 10.8. The number of aliphatic carboxylic acids is 1. The second kappa shape index (κ2) is 3.88. The van der Waals surface area contributed by atoms with Gasteiger partial charge in [0.1, 0.15) is 6.07 Å². The summed E-state index contributed by atoms with van der Waals surface area (Å²) in [5.74, 6) is -0.618. The standard InChI is InChI=1S/C14H12N2O2/c15-6-10-7-16-13-2-1-8(4-11(10)13)3-9-5-12(9)14(17)18/h1-2,4,7,9,12,16H,3,5H2,(H,17,18). The fourth-order valence-electron chi connectivity index (χ4n) is 2.47. The Morgan fingerprint density at radius 2 is 2.39 bits per heavy atom. The van der Waals surface area contributed by atoms with Crippen LogP contribution in [0.3, 0.4) is 0 Å². The van der Waals surface area contributed by atoms with E-state index in [0.717, 1.165) is 29.3 Å². The highest BCUT2D eigenvalue weighted by atomic mass is 16.4. The van der Waals surface area contributed by atoms with E-state index in [-0.39, 0.29) is 11.8 Å². The topological polar surface area (TPSA) is 76.9 Å². The predicted octanol–water partition coefficient (Wildman–Crippen LogP) is 2.30. The first-order valence-corrected chi connectivity index (χ1v) is 5.92. The van der Waals surface area contributed by atoms with Gasteiger partial charge in [0.2, 0.25) is 0 Å².